The van der Waals surface area contributed by atoms with Crippen molar-refractivity contribution >= 4 is 33.2 Å². The van der Waals surface area contributed by atoms with E-state index in [1.165, 1.54) is 22.5 Å². The van der Waals surface area contributed by atoms with Crippen LogP contribution >= 0.6 is 11.6 Å². The molecule has 2 N–H and O–H groups in total. The molecule has 27 heavy (non-hydrogen) atoms. The Kier molecular flexibility index (Phi) is 5.69. The van der Waals surface area contributed by atoms with E-state index in [0.29, 0.717) is 13.1 Å². The van der Waals surface area contributed by atoms with Crippen molar-refractivity contribution in [1.29, 1.82) is 0 Å². The second-order valence-electron chi connectivity index (χ2n) is 6.22. The smallest absolute Gasteiger partial charge is 0.258 e. The fourth-order valence-electron chi connectivity index (χ4n) is 2.89. The summed E-state index contributed by atoms with van der Waals surface area (Å²) < 4.78 is 41.0. The van der Waals surface area contributed by atoms with Crippen molar-refractivity contribution in [3.05, 3.63) is 52.8 Å². The molecule has 9 heteroatoms. The topological polar surface area (TPSA) is 86.7 Å². The highest BCUT2D eigenvalue weighted by molar-refractivity contribution is 7.89. The van der Waals surface area contributed by atoms with Gasteiger partial charge in [-0.3, -0.25) is 4.79 Å². The first-order valence-corrected chi connectivity index (χ1v) is 10.2. The van der Waals surface area contributed by atoms with E-state index in [1.54, 1.807) is 0 Å². The van der Waals surface area contributed by atoms with Crippen LogP contribution in [0.15, 0.2) is 41.3 Å². The second-order valence-corrected chi connectivity index (χ2v) is 8.60. The highest BCUT2D eigenvalue weighted by atomic mass is 35.5. The summed E-state index contributed by atoms with van der Waals surface area (Å²) in [6, 6.07) is 7.12. The molecule has 0 radical (unpaired) electrons. The second kappa shape index (κ2) is 7.84. The van der Waals surface area contributed by atoms with Crippen LogP contribution in [0.1, 0.15) is 29.6 Å². The fourth-order valence-corrected chi connectivity index (χ4v) is 4.61. The van der Waals surface area contributed by atoms with Crippen molar-refractivity contribution in [3.8, 4) is 5.75 Å². The Labute approximate surface area is 161 Å². The molecule has 2 aromatic rings. The van der Waals surface area contributed by atoms with E-state index in [-0.39, 0.29) is 21.4 Å². The number of carbonyl (C=O) groups excluding carboxylic acids is 1. The van der Waals surface area contributed by atoms with Crippen LogP contribution in [0.4, 0.5) is 10.1 Å². The Morgan fingerprint density at radius 3 is 2.52 bits per heavy atom. The molecule has 1 heterocycles. The van der Waals surface area contributed by atoms with Gasteiger partial charge in [-0.2, -0.15) is 4.31 Å². The van der Waals surface area contributed by atoms with E-state index in [4.69, 9.17) is 11.6 Å². The van der Waals surface area contributed by atoms with Gasteiger partial charge in [0.1, 0.15) is 11.6 Å². The highest BCUT2D eigenvalue weighted by Crippen LogP contribution is 2.28. The standard InChI is InChI=1S/C18H18ClFN2O4S/c19-12-4-7-17(23)16(10-12)21-18(24)14-11-13(5-6-15(14)20)27(25,26)22-8-2-1-3-9-22/h4-7,10-11,23H,1-3,8-9H2,(H,21,24). The van der Waals surface area contributed by atoms with Crippen molar-refractivity contribution in [2.45, 2.75) is 24.2 Å². The number of aromatic hydroxyl groups is 1. The monoisotopic (exact) mass is 412 g/mol. The molecule has 1 aliphatic rings. The number of nitrogens with one attached hydrogen (secondary N) is 1. The summed E-state index contributed by atoms with van der Waals surface area (Å²) in [7, 11) is -3.81. The van der Waals surface area contributed by atoms with E-state index >= 15 is 0 Å². The number of carbonyl (C=O) groups is 1. The molecule has 1 fully saturated rings. The van der Waals surface area contributed by atoms with Gasteiger partial charge in [0.2, 0.25) is 10.0 Å². The van der Waals surface area contributed by atoms with Crippen LogP contribution in [-0.4, -0.2) is 36.8 Å². The lowest BCUT2D eigenvalue weighted by Gasteiger charge is -2.26. The van der Waals surface area contributed by atoms with Gasteiger partial charge in [0.05, 0.1) is 16.1 Å². The van der Waals surface area contributed by atoms with Gasteiger partial charge in [-0.1, -0.05) is 18.0 Å². The third kappa shape index (κ3) is 4.23. The van der Waals surface area contributed by atoms with Crippen LogP contribution < -0.4 is 5.32 Å². The Balaban J connectivity index is 1.91. The van der Waals surface area contributed by atoms with Crippen molar-refractivity contribution in [2.24, 2.45) is 0 Å². The molecule has 2 aromatic carbocycles. The average molecular weight is 413 g/mol. The Morgan fingerprint density at radius 2 is 1.81 bits per heavy atom. The number of phenolic OH excluding ortho intramolecular Hbond substituents is 1. The number of hydrogen-bond acceptors (Lipinski definition) is 4. The Bertz CT molecular complexity index is 975. The number of sulfonamides is 1. The molecule has 0 aromatic heterocycles. The molecule has 0 atom stereocenters. The maximum absolute atomic E-state index is 14.2. The molecule has 144 valence electrons. The quantitative estimate of drug-likeness (QED) is 0.751. The van der Waals surface area contributed by atoms with Gasteiger partial charge >= 0.3 is 0 Å². The van der Waals surface area contributed by atoms with Crippen LogP contribution in [0.25, 0.3) is 0 Å². The van der Waals surface area contributed by atoms with Crippen LogP contribution in [-0.2, 0) is 10.0 Å². The molecule has 1 amide bonds. The first-order valence-electron chi connectivity index (χ1n) is 8.38. The third-order valence-corrected chi connectivity index (χ3v) is 6.47. The highest BCUT2D eigenvalue weighted by Gasteiger charge is 2.27. The predicted molar refractivity (Wildman–Crippen MR) is 100 cm³/mol. The van der Waals surface area contributed by atoms with Crippen molar-refractivity contribution < 1.29 is 22.7 Å². The lowest BCUT2D eigenvalue weighted by molar-refractivity contribution is 0.102. The predicted octanol–water partition coefficient (Wildman–Crippen LogP) is 3.61. The SMILES string of the molecule is O=C(Nc1cc(Cl)ccc1O)c1cc(S(=O)(=O)N2CCCCC2)ccc1F. The first kappa shape index (κ1) is 19.6. The van der Waals surface area contributed by atoms with Gasteiger partial charge in [-0.15, -0.1) is 0 Å². The molecule has 0 bridgehead atoms. The zero-order chi connectivity index (χ0) is 19.6. The third-order valence-electron chi connectivity index (χ3n) is 4.34. The van der Waals surface area contributed by atoms with Gasteiger partial charge < -0.3 is 10.4 Å². The lowest BCUT2D eigenvalue weighted by Crippen LogP contribution is -2.35. The summed E-state index contributed by atoms with van der Waals surface area (Å²) in [6.07, 6.45) is 2.50. The summed E-state index contributed by atoms with van der Waals surface area (Å²) in [5.74, 6) is -2.00. The van der Waals surface area contributed by atoms with E-state index in [1.807, 2.05) is 0 Å². The van der Waals surface area contributed by atoms with Crippen LogP contribution in [0.2, 0.25) is 5.02 Å². The number of amides is 1. The van der Waals surface area contributed by atoms with Crippen LogP contribution in [0, 0.1) is 5.82 Å². The maximum atomic E-state index is 14.2. The minimum absolute atomic E-state index is 0.00353. The normalized spacial score (nSPS) is 15.5. The van der Waals surface area contributed by atoms with Gasteiger partial charge in [-0.25, -0.2) is 12.8 Å². The number of anilines is 1. The number of phenols is 1. The summed E-state index contributed by atoms with van der Waals surface area (Å²) in [5.41, 5.74) is -0.441. The lowest BCUT2D eigenvalue weighted by atomic mass is 10.2. The molecular weight excluding hydrogens is 395 g/mol. The van der Waals surface area contributed by atoms with Gasteiger partial charge in [0.25, 0.3) is 5.91 Å². The van der Waals surface area contributed by atoms with Gasteiger partial charge in [0.15, 0.2) is 0 Å². The number of benzene rings is 2. The molecule has 1 aliphatic heterocycles. The summed E-state index contributed by atoms with van der Waals surface area (Å²) >= 11 is 5.83. The minimum Gasteiger partial charge on any atom is -0.506 e. The van der Waals surface area contributed by atoms with E-state index < -0.39 is 27.3 Å². The van der Waals surface area contributed by atoms with E-state index in [9.17, 15) is 22.7 Å². The summed E-state index contributed by atoms with van der Waals surface area (Å²) in [5, 5.41) is 12.4. The minimum atomic E-state index is -3.81. The van der Waals surface area contributed by atoms with Crippen molar-refractivity contribution in [2.75, 3.05) is 18.4 Å². The zero-order valence-corrected chi connectivity index (χ0v) is 15.9. The maximum Gasteiger partial charge on any atom is 0.258 e. The largest absolute Gasteiger partial charge is 0.506 e. The van der Waals surface area contributed by atoms with E-state index in [0.717, 1.165) is 37.5 Å². The molecule has 0 aliphatic carbocycles. The Hall–Kier alpha value is -2.16. The van der Waals surface area contributed by atoms with Gasteiger partial charge in [0, 0.05) is 18.1 Å². The van der Waals surface area contributed by atoms with Crippen molar-refractivity contribution in [3.63, 3.8) is 0 Å². The summed E-state index contributed by atoms with van der Waals surface area (Å²) in [6.45, 7) is 0.801. The summed E-state index contributed by atoms with van der Waals surface area (Å²) in [4.78, 5) is 12.3. The molecule has 1 saturated heterocycles. The van der Waals surface area contributed by atoms with Crippen LogP contribution in [0.3, 0.4) is 0 Å². The number of nitrogens with zero attached hydrogens (tertiary/aromatic N) is 1. The van der Waals surface area contributed by atoms with Gasteiger partial charge in [-0.05, 0) is 49.2 Å². The number of piperidine rings is 1. The zero-order valence-electron chi connectivity index (χ0n) is 14.3. The Morgan fingerprint density at radius 1 is 1.11 bits per heavy atom. The fraction of sp³-hybridized carbons (Fsp3) is 0.278. The molecule has 0 unspecified atom stereocenters. The number of halogens is 2. The van der Waals surface area contributed by atoms with Crippen molar-refractivity contribution in [1.82, 2.24) is 4.31 Å². The molecule has 6 nitrogen and oxygen atoms in total. The molecular formula is C18H18ClFN2O4S. The molecule has 3 rings (SSSR count). The average Bonchev–Trinajstić information content (AvgIpc) is 2.65. The van der Waals surface area contributed by atoms with E-state index in [2.05, 4.69) is 5.32 Å². The molecule has 0 saturated carbocycles. The number of rotatable bonds is 4. The van der Waals surface area contributed by atoms with Crippen LogP contribution in [0.5, 0.6) is 5.75 Å². The first-order chi connectivity index (χ1) is 12.8. The molecule has 0 spiro atoms. The number of hydrogen-bond donors (Lipinski definition) is 2.